The number of aryl methyl sites for hydroxylation is 1. The fourth-order valence-corrected chi connectivity index (χ4v) is 4.03. The highest BCUT2D eigenvalue weighted by atomic mass is 16.5. The summed E-state index contributed by atoms with van der Waals surface area (Å²) in [4.78, 5) is 9.36. The van der Waals surface area contributed by atoms with Gasteiger partial charge in [0.25, 0.3) is 0 Å². The third-order valence-corrected chi connectivity index (χ3v) is 5.75. The van der Waals surface area contributed by atoms with E-state index in [1.807, 2.05) is 6.20 Å². The number of nitrogens with zero attached hydrogens (tertiary/aromatic N) is 4. The van der Waals surface area contributed by atoms with E-state index in [-0.39, 0.29) is 5.60 Å². The predicted octanol–water partition coefficient (Wildman–Crippen LogP) is 2.80. The highest BCUT2D eigenvalue weighted by molar-refractivity contribution is 5.47. The zero-order chi connectivity index (χ0) is 16.7. The zero-order valence-electron chi connectivity index (χ0n) is 14.8. The molecule has 2 aromatic heterocycles. The van der Waals surface area contributed by atoms with Gasteiger partial charge < -0.3 is 18.6 Å². The van der Waals surface area contributed by atoms with Crippen LogP contribution in [0.5, 0.6) is 0 Å². The molecule has 4 heterocycles. The molecule has 0 amide bonds. The van der Waals surface area contributed by atoms with Crippen LogP contribution in [0.3, 0.4) is 0 Å². The number of rotatable bonds is 2. The molecule has 130 valence electrons. The Morgan fingerprint density at radius 2 is 1.96 bits per heavy atom. The fourth-order valence-electron chi connectivity index (χ4n) is 4.03. The average Bonchev–Trinajstić information content (AvgIpc) is 3.16. The third-order valence-electron chi connectivity index (χ3n) is 5.75. The van der Waals surface area contributed by atoms with E-state index in [0.717, 1.165) is 62.8 Å². The molecule has 2 aromatic rings. The molecule has 2 saturated heterocycles. The first-order valence-electron chi connectivity index (χ1n) is 8.84. The molecule has 1 spiro atoms. The summed E-state index contributed by atoms with van der Waals surface area (Å²) in [6.45, 7) is 6.57. The van der Waals surface area contributed by atoms with E-state index in [0.29, 0.717) is 6.04 Å². The van der Waals surface area contributed by atoms with Crippen molar-refractivity contribution in [2.45, 2.75) is 51.2 Å². The van der Waals surface area contributed by atoms with E-state index >= 15 is 0 Å². The zero-order valence-corrected chi connectivity index (χ0v) is 14.8. The van der Waals surface area contributed by atoms with Gasteiger partial charge in [-0.3, -0.25) is 0 Å². The van der Waals surface area contributed by atoms with E-state index in [1.54, 1.807) is 0 Å². The lowest BCUT2D eigenvalue weighted by Gasteiger charge is -2.43. The predicted molar refractivity (Wildman–Crippen MR) is 90.9 cm³/mol. The molecule has 1 atom stereocenters. The Kier molecular flexibility index (Phi) is 3.96. The normalized spacial score (nSPS) is 23.7. The van der Waals surface area contributed by atoms with Gasteiger partial charge in [0.05, 0.1) is 11.3 Å². The maximum absolute atomic E-state index is 6.19. The van der Waals surface area contributed by atoms with Gasteiger partial charge in [0.2, 0.25) is 0 Å². The average molecular weight is 330 g/mol. The van der Waals surface area contributed by atoms with Crippen LogP contribution in [-0.4, -0.2) is 44.5 Å². The second kappa shape index (κ2) is 6.01. The summed E-state index contributed by atoms with van der Waals surface area (Å²) in [6, 6.07) is 0.409. The fraction of sp³-hybridized carbons (Fsp3) is 0.667. The molecule has 1 unspecified atom stereocenters. The summed E-state index contributed by atoms with van der Waals surface area (Å²) < 4.78 is 16.2. The topological polar surface area (TPSA) is 54.1 Å². The van der Waals surface area contributed by atoms with E-state index in [4.69, 9.17) is 14.5 Å². The molecule has 6 nitrogen and oxygen atoms in total. The lowest BCUT2D eigenvalue weighted by atomic mass is 9.84. The minimum atomic E-state index is -0.0177. The van der Waals surface area contributed by atoms with Crippen molar-refractivity contribution in [2.24, 2.45) is 7.05 Å². The molecule has 2 aliphatic rings. The minimum absolute atomic E-state index is 0.0177. The van der Waals surface area contributed by atoms with Crippen LogP contribution in [0.1, 0.15) is 43.1 Å². The molecule has 0 bridgehead atoms. The van der Waals surface area contributed by atoms with Crippen molar-refractivity contribution in [1.29, 1.82) is 0 Å². The highest BCUT2D eigenvalue weighted by Gasteiger charge is 2.40. The molecule has 0 saturated carbocycles. The second-order valence-electron chi connectivity index (χ2n) is 7.11. The van der Waals surface area contributed by atoms with Crippen LogP contribution >= 0.6 is 0 Å². The van der Waals surface area contributed by atoms with Crippen LogP contribution in [0.15, 0.2) is 12.4 Å². The molecule has 2 aliphatic heterocycles. The number of imidazole rings is 2. The van der Waals surface area contributed by atoms with Crippen molar-refractivity contribution in [3.05, 3.63) is 23.8 Å². The van der Waals surface area contributed by atoms with Crippen molar-refractivity contribution in [1.82, 2.24) is 19.1 Å². The maximum atomic E-state index is 6.19. The van der Waals surface area contributed by atoms with E-state index in [2.05, 4.69) is 41.2 Å². The standard InChI is InChI=1S/C18H26N4O2/c1-13-14(2)21(3)17(20-13)16-19-7-8-22(16)15-4-9-24-18(12-15)5-10-23-11-6-18/h7-8,15H,4-6,9-12H2,1-3H3. The second-order valence-corrected chi connectivity index (χ2v) is 7.11. The van der Waals surface area contributed by atoms with Crippen molar-refractivity contribution >= 4 is 0 Å². The first-order valence-corrected chi connectivity index (χ1v) is 8.84. The van der Waals surface area contributed by atoms with Crippen molar-refractivity contribution in [3.8, 4) is 11.6 Å². The van der Waals surface area contributed by atoms with Crippen LogP contribution in [0, 0.1) is 13.8 Å². The summed E-state index contributed by atoms with van der Waals surface area (Å²) in [7, 11) is 2.06. The Morgan fingerprint density at radius 3 is 2.67 bits per heavy atom. The van der Waals surface area contributed by atoms with Gasteiger partial charge >= 0.3 is 0 Å². The third kappa shape index (κ3) is 2.58. The molecule has 24 heavy (non-hydrogen) atoms. The van der Waals surface area contributed by atoms with Gasteiger partial charge in [0, 0.05) is 51.0 Å². The van der Waals surface area contributed by atoms with Gasteiger partial charge in [-0.2, -0.15) is 0 Å². The first-order chi connectivity index (χ1) is 11.6. The van der Waals surface area contributed by atoms with Gasteiger partial charge in [-0.25, -0.2) is 9.97 Å². The number of hydrogen-bond donors (Lipinski definition) is 0. The molecular weight excluding hydrogens is 304 g/mol. The largest absolute Gasteiger partial charge is 0.381 e. The smallest absolute Gasteiger partial charge is 0.176 e. The highest BCUT2D eigenvalue weighted by Crippen LogP contribution is 2.40. The molecule has 0 aromatic carbocycles. The Bertz CT molecular complexity index is 722. The molecule has 0 radical (unpaired) electrons. The SMILES string of the molecule is Cc1nc(-c2nccn2C2CCOC3(CCOCC3)C2)n(C)c1C. The maximum Gasteiger partial charge on any atom is 0.176 e. The van der Waals surface area contributed by atoms with Crippen LogP contribution in [0.2, 0.25) is 0 Å². The van der Waals surface area contributed by atoms with Crippen molar-refractivity contribution < 1.29 is 9.47 Å². The number of ether oxygens (including phenoxy) is 2. The lowest BCUT2D eigenvalue weighted by Crippen LogP contribution is -2.44. The van der Waals surface area contributed by atoms with Crippen molar-refractivity contribution in [3.63, 3.8) is 0 Å². The van der Waals surface area contributed by atoms with E-state index < -0.39 is 0 Å². The first kappa shape index (κ1) is 15.8. The molecule has 2 fully saturated rings. The van der Waals surface area contributed by atoms with Gasteiger partial charge in [-0.05, 0) is 39.5 Å². The quantitative estimate of drug-likeness (QED) is 0.850. The summed E-state index contributed by atoms with van der Waals surface area (Å²) in [5.74, 6) is 1.91. The molecule has 0 aliphatic carbocycles. The Balaban J connectivity index is 1.65. The summed E-state index contributed by atoms with van der Waals surface area (Å²) >= 11 is 0. The Hall–Kier alpha value is -1.66. The monoisotopic (exact) mass is 330 g/mol. The minimum Gasteiger partial charge on any atom is -0.381 e. The van der Waals surface area contributed by atoms with Gasteiger partial charge in [0.1, 0.15) is 0 Å². The van der Waals surface area contributed by atoms with Crippen molar-refractivity contribution in [2.75, 3.05) is 19.8 Å². The Morgan fingerprint density at radius 1 is 1.17 bits per heavy atom. The molecule has 0 N–H and O–H groups in total. The molecule has 4 rings (SSSR count). The lowest BCUT2D eigenvalue weighted by molar-refractivity contribution is -0.144. The van der Waals surface area contributed by atoms with Crippen LogP contribution in [0.4, 0.5) is 0 Å². The van der Waals surface area contributed by atoms with Gasteiger partial charge in [-0.1, -0.05) is 0 Å². The van der Waals surface area contributed by atoms with Crippen LogP contribution < -0.4 is 0 Å². The molecular formula is C18H26N4O2. The number of hydrogen-bond acceptors (Lipinski definition) is 4. The molecule has 6 heteroatoms. The van der Waals surface area contributed by atoms with Gasteiger partial charge in [-0.15, -0.1) is 0 Å². The Labute approximate surface area is 142 Å². The number of aromatic nitrogens is 4. The van der Waals surface area contributed by atoms with Gasteiger partial charge in [0.15, 0.2) is 11.6 Å². The van der Waals surface area contributed by atoms with Crippen LogP contribution in [0.25, 0.3) is 11.6 Å². The van der Waals surface area contributed by atoms with E-state index in [1.165, 1.54) is 5.69 Å². The summed E-state index contributed by atoms with van der Waals surface area (Å²) in [5, 5.41) is 0. The summed E-state index contributed by atoms with van der Waals surface area (Å²) in [5.41, 5.74) is 2.23. The summed E-state index contributed by atoms with van der Waals surface area (Å²) in [6.07, 6.45) is 8.03. The van der Waals surface area contributed by atoms with E-state index in [9.17, 15) is 0 Å². The van der Waals surface area contributed by atoms with Crippen LogP contribution in [-0.2, 0) is 16.5 Å².